The van der Waals surface area contributed by atoms with Gasteiger partial charge in [0.15, 0.2) is 0 Å². The Kier molecular flexibility index (Phi) is 5.80. The Hall–Kier alpha value is -3.89. The first kappa shape index (κ1) is 21.3. The van der Waals surface area contributed by atoms with E-state index < -0.39 is 29.7 Å². The van der Waals surface area contributed by atoms with Gasteiger partial charge in [-0.1, -0.05) is 36.4 Å². The van der Waals surface area contributed by atoms with Crippen molar-refractivity contribution in [3.8, 4) is 6.07 Å². The first-order chi connectivity index (χ1) is 15.5. The molecule has 4 rings (SSSR count). The predicted molar refractivity (Wildman–Crippen MR) is 117 cm³/mol. The third-order valence-corrected chi connectivity index (χ3v) is 5.74. The number of fused-ring (bicyclic) bond motifs is 2. The number of anilines is 1. The molecule has 2 heterocycles. The zero-order chi connectivity index (χ0) is 22.7. The van der Waals surface area contributed by atoms with Crippen LogP contribution < -0.4 is 5.32 Å². The maximum atomic E-state index is 12.9. The molecule has 7 nitrogen and oxygen atoms in total. The summed E-state index contributed by atoms with van der Waals surface area (Å²) in [5, 5.41) is 12.6. The van der Waals surface area contributed by atoms with Gasteiger partial charge in [-0.15, -0.1) is 0 Å². The molecular formula is C25H22N2O5. The van der Waals surface area contributed by atoms with Gasteiger partial charge >= 0.3 is 11.9 Å². The van der Waals surface area contributed by atoms with E-state index in [1.807, 2.05) is 42.5 Å². The normalized spacial score (nSPS) is 21.7. The summed E-state index contributed by atoms with van der Waals surface area (Å²) >= 11 is 0. The lowest BCUT2D eigenvalue weighted by Gasteiger charge is -2.36. The lowest BCUT2D eigenvalue weighted by atomic mass is 9.79. The monoisotopic (exact) mass is 430 g/mol. The molecule has 3 atom stereocenters. The van der Waals surface area contributed by atoms with E-state index in [-0.39, 0.29) is 11.1 Å². The predicted octanol–water partition coefficient (Wildman–Crippen LogP) is 2.93. The molecule has 0 saturated heterocycles. The number of nitrogens with zero attached hydrogens (tertiary/aromatic N) is 1. The van der Waals surface area contributed by atoms with Crippen molar-refractivity contribution >= 4 is 17.6 Å². The van der Waals surface area contributed by atoms with Crippen LogP contribution in [0.3, 0.4) is 0 Å². The average Bonchev–Trinajstić information content (AvgIpc) is 3.42. The van der Waals surface area contributed by atoms with E-state index in [9.17, 15) is 9.59 Å². The van der Waals surface area contributed by atoms with Crippen molar-refractivity contribution in [3.63, 3.8) is 0 Å². The van der Waals surface area contributed by atoms with Gasteiger partial charge in [-0.3, -0.25) is 0 Å². The molecule has 2 aromatic rings. The first-order valence-corrected chi connectivity index (χ1v) is 10.1. The van der Waals surface area contributed by atoms with Crippen LogP contribution in [0.1, 0.15) is 11.1 Å². The van der Waals surface area contributed by atoms with Gasteiger partial charge in [0, 0.05) is 5.69 Å². The van der Waals surface area contributed by atoms with Gasteiger partial charge in [-0.2, -0.15) is 5.26 Å². The fourth-order valence-corrected chi connectivity index (χ4v) is 4.24. The first-order valence-electron chi connectivity index (χ1n) is 10.1. The van der Waals surface area contributed by atoms with Crippen LogP contribution in [-0.4, -0.2) is 43.9 Å². The van der Waals surface area contributed by atoms with E-state index in [1.54, 1.807) is 24.3 Å². The number of methoxy groups -OCH3 is 2. The second-order valence-electron chi connectivity index (χ2n) is 7.54. The van der Waals surface area contributed by atoms with Gasteiger partial charge in [-0.05, 0) is 42.3 Å². The van der Waals surface area contributed by atoms with Crippen LogP contribution in [0.4, 0.5) is 5.69 Å². The lowest BCUT2D eigenvalue weighted by Crippen LogP contribution is -2.49. The van der Waals surface area contributed by atoms with Crippen LogP contribution in [0.15, 0.2) is 77.9 Å². The molecule has 0 amide bonds. The van der Waals surface area contributed by atoms with Crippen molar-refractivity contribution in [2.75, 3.05) is 19.5 Å². The maximum absolute atomic E-state index is 12.9. The van der Waals surface area contributed by atoms with Gasteiger partial charge < -0.3 is 19.5 Å². The largest absolute Gasteiger partial charge is 0.466 e. The highest BCUT2D eigenvalue weighted by Gasteiger charge is 2.58. The molecule has 7 heteroatoms. The second kappa shape index (κ2) is 8.69. The fourth-order valence-electron chi connectivity index (χ4n) is 4.24. The Bertz CT molecular complexity index is 1130. The number of hydrogen-bond acceptors (Lipinski definition) is 7. The molecule has 2 aliphatic heterocycles. The Morgan fingerprint density at radius 1 is 1.09 bits per heavy atom. The number of benzene rings is 2. The van der Waals surface area contributed by atoms with Crippen molar-refractivity contribution in [2.45, 2.75) is 24.2 Å². The minimum Gasteiger partial charge on any atom is -0.466 e. The lowest BCUT2D eigenvalue weighted by molar-refractivity contribution is -0.139. The van der Waals surface area contributed by atoms with E-state index in [4.69, 9.17) is 19.5 Å². The second-order valence-corrected chi connectivity index (χ2v) is 7.54. The van der Waals surface area contributed by atoms with E-state index in [1.165, 1.54) is 14.2 Å². The SMILES string of the molecule is COC(=O)C1=C(C(=O)OC)C2(C(Cc3ccc(C#N)cc3)Nc3ccccc3)C=CC1O2. The summed E-state index contributed by atoms with van der Waals surface area (Å²) in [5.41, 5.74) is 1.38. The molecule has 0 saturated carbocycles. The number of nitriles is 1. The molecule has 2 bridgehead atoms. The van der Waals surface area contributed by atoms with Gasteiger partial charge in [0.05, 0.1) is 43.0 Å². The Labute approximate surface area is 185 Å². The Balaban J connectivity index is 1.80. The minimum atomic E-state index is -1.23. The summed E-state index contributed by atoms with van der Waals surface area (Å²) < 4.78 is 16.2. The number of nitrogens with one attached hydrogen (secondary N) is 1. The molecule has 0 fully saturated rings. The molecule has 32 heavy (non-hydrogen) atoms. The van der Waals surface area contributed by atoms with E-state index in [0.717, 1.165) is 11.3 Å². The van der Waals surface area contributed by atoms with Gasteiger partial charge in [0.25, 0.3) is 0 Å². The zero-order valence-electron chi connectivity index (χ0n) is 17.7. The van der Waals surface area contributed by atoms with Gasteiger partial charge in [0.2, 0.25) is 0 Å². The minimum absolute atomic E-state index is 0.140. The number of carbonyl (C=O) groups is 2. The van der Waals surface area contributed by atoms with E-state index in [2.05, 4.69) is 11.4 Å². The Morgan fingerprint density at radius 3 is 2.41 bits per heavy atom. The summed E-state index contributed by atoms with van der Waals surface area (Å²) in [4.78, 5) is 25.4. The third kappa shape index (κ3) is 3.66. The van der Waals surface area contributed by atoms with Crippen LogP contribution in [0.2, 0.25) is 0 Å². The van der Waals surface area contributed by atoms with Crippen molar-refractivity contribution in [3.05, 3.63) is 89.0 Å². The number of para-hydroxylation sites is 1. The van der Waals surface area contributed by atoms with Crippen LogP contribution >= 0.6 is 0 Å². The topological polar surface area (TPSA) is 97.7 Å². The molecule has 2 aromatic carbocycles. The van der Waals surface area contributed by atoms with Crippen LogP contribution in [0, 0.1) is 11.3 Å². The molecule has 0 aromatic heterocycles. The molecular weight excluding hydrogens is 408 g/mol. The molecule has 0 spiro atoms. The molecule has 2 aliphatic rings. The highest BCUT2D eigenvalue weighted by atomic mass is 16.6. The summed E-state index contributed by atoms with van der Waals surface area (Å²) in [5.74, 6) is -1.27. The average molecular weight is 430 g/mol. The van der Waals surface area contributed by atoms with E-state index >= 15 is 0 Å². The van der Waals surface area contributed by atoms with Crippen molar-refractivity contribution < 1.29 is 23.8 Å². The van der Waals surface area contributed by atoms with Crippen molar-refractivity contribution in [2.24, 2.45) is 0 Å². The smallest absolute Gasteiger partial charge is 0.337 e. The zero-order valence-corrected chi connectivity index (χ0v) is 17.7. The van der Waals surface area contributed by atoms with Gasteiger partial charge in [0.1, 0.15) is 11.7 Å². The highest BCUT2D eigenvalue weighted by Crippen LogP contribution is 2.47. The number of ether oxygens (including phenoxy) is 3. The van der Waals surface area contributed by atoms with Crippen LogP contribution in [0.5, 0.6) is 0 Å². The summed E-state index contributed by atoms with van der Waals surface area (Å²) in [7, 11) is 2.54. The number of rotatable bonds is 7. The van der Waals surface area contributed by atoms with Crippen LogP contribution in [0.25, 0.3) is 0 Å². The van der Waals surface area contributed by atoms with Crippen molar-refractivity contribution in [1.29, 1.82) is 5.26 Å². The van der Waals surface area contributed by atoms with Gasteiger partial charge in [-0.25, -0.2) is 9.59 Å². The van der Waals surface area contributed by atoms with Crippen molar-refractivity contribution in [1.82, 2.24) is 0 Å². The summed E-state index contributed by atoms with van der Waals surface area (Å²) in [6.07, 6.45) is 3.32. The maximum Gasteiger partial charge on any atom is 0.337 e. The summed E-state index contributed by atoms with van der Waals surface area (Å²) in [6.45, 7) is 0. The molecule has 162 valence electrons. The Morgan fingerprint density at radius 2 is 1.78 bits per heavy atom. The molecule has 0 radical (unpaired) electrons. The molecule has 0 aliphatic carbocycles. The standard InChI is InChI=1S/C25H22N2O5/c1-30-23(28)21-19-12-13-25(32-19,22(21)24(29)31-2)20(27-18-6-4-3-5-7-18)14-16-8-10-17(15-26)11-9-16/h3-13,19-20,27H,14H2,1-2H3. The molecule has 3 unspecified atom stereocenters. The summed E-state index contributed by atoms with van der Waals surface area (Å²) in [6, 6.07) is 18.4. The third-order valence-electron chi connectivity index (χ3n) is 5.74. The number of carbonyl (C=O) groups excluding carboxylic acids is 2. The highest BCUT2D eigenvalue weighted by molar-refractivity contribution is 6.05. The van der Waals surface area contributed by atoms with Crippen LogP contribution in [-0.2, 0) is 30.2 Å². The number of esters is 2. The quantitative estimate of drug-likeness (QED) is 0.533. The fraction of sp³-hybridized carbons (Fsp3) is 0.240. The van der Waals surface area contributed by atoms with E-state index in [0.29, 0.717) is 12.0 Å². The molecule has 1 N–H and O–H groups in total. The number of hydrogen-bond donors (Lipinski definition) is 1.